The maximum Gasteiger partial charge on any atom is 0.268 e. The van der Waals surface area contributed by atoms with E-state index in [-0.39, 0.29) is 12.5 Å². The molecule has 1 aliphatic heterocycles. The van der Waals surface area contributed by atoms with Crippen LogP contribution in [-0.2, 0) is 15.2 Å². The summed E-state index contributed by atoms with van der Waals surface area (Å²) < 4.78 is 0. The van der Waals surface area contributed by atoms with Crippen LogP contribution in [0.2, 0.25) is 0 Å². The molecule has 2 amide bonds. The zero-order valence-corrected chi connectivity index (χ0v) is 16.4. The third kappa shape index (κ3) is 3.70. The van der Waals surface area contributed by atoms with Crippen LogP contribution in [0, 0.1) is 0 Å². The highest BCUT2D eigenvalue weighted by Crippen LogP contribution is 2.44. The molecule has 0 unspecified atom stereocenters. The lowest BCUT2D eigenvalue weighted by Gasteiger charge is -2.23. The van der Waals surface area contributed by atoms with Crippen LogP contribution in [-0.4, -0.2) is 30.0 Å². The molecule has 2 aromatic carbocycles. The fourth-order valence-electron chi connectivity index (χ4n) is 4.24. The molecule has 5 nitrogen and oxygen atoms in total. The molecule has 1 aliphatic carbocycles. The van der Waals surface area contributed by atoms with Crippen LogP contribution < -0.4 is 10.2 Å². The first-order chi connectivity index (χ1) is 14.1. The highest BCUT2D eigenvalue weighted by molar-refractivity contribution is 6.11. The molecule has 2 aliphatic rings. The lowest BCUT2D eigenvalue weighted by Crippen LogP contribution is -2.45. The largest absolute Gasteiger partial charge is 0.372 e. The van der Waals surface area contributed by atoms with E-state index in [9.17, 15) is 14.7 Å². The molecular weight excluding hydrogens is 364 g/mol. The Balaban J connectivity index is 1.48. The number of fused-ring (bicyclic) bond motifs is 1. The van der Waals surface area contributed by atoms with Crippen molar-refractivity contribution in [2.45, 2.75) is 37.7 Å². The summed E-state index contributed by atoms with van der Waals surface area (Å²) in [7, 11) is 0. The second-order valence-electron chi connectivity index (χ2n) is 7.69. The number of hydrogen-bond acceptors (Lipinski definition) is 3. The Morgan fingerprint density at radius 1 is 1.07 bits per heavy atom. The zero-order valence-electron chi connectivity index (χ0n) is 16.4. The van der Waals surface area contributed by atoms with Gasteiger partial charge in [-0.15, -0.1) is 0 Å². The van der Waals surface area contributed by atoms with Crippen LogP contribution in [0.25, 0.3) is 0 Å². The van der Waals surface area contributed by atoms with Gasteiger partial charge in [0.1, 0.15) is 6.54 Å². The Bertz CT molecular complexity index is 938. The van der Waals surface area contributed by atoms with Crippen LogP contribution in [0.15, 0.2) is 66.2 Å². The average Bonchev–Trinajstić information content (AvgIpc) is 2.98. The number of anilines is 1. The number of hydrogen-bond donors (Lipinski definition) is 2. The number of nitrogens with zero attached hydrogens (tertiary/aromatic N) is 1. The SMILES string of the molecule is O=C(CN1C(=O)[C@](O)(c2ccccc2)c2ccccc21)NCCC1=CCCCC1. The van der Waals surface area contributed by atoms with Crippen molar-refractivity contribution < 1.29 is 14.7 Å². The number of rotatable bonds is 6. The van der Waals surface area contributed by atoms with Crippen molar-refractivity contribution in [2.24, 2.45) is 0 Å². The number of aliphatic hydroxyl groups is 1. The van der Waals surface area contributed by atoms with Gasteiger partial charge in [0.15, 0.2) is 5.60 Å². The van der Waals surface area contributed by atoms with Crippen LogP contribution in [0.1, 0.15) is 43.2 Å². The molecule has 2 aromatic rings. The summed E-state index contributed by atoms with van der Waals surface area (Å²) in [5.74, 6) is -0.711. The second-order valence-corrected chi connectivity index (χ2v) is 7.69. The van der Waals surface area contributed by atoms with Crippen LogP contribution in [0.5, 0.6) is 0 Å². The minimum Gasteiger partial charge on any atom is -0.372 e. The third-order valence-corrected chi connectivity index (χ3v) is 5.79. The molecule has 0 bridgehead atoms. The fourth-order valence-corrected chi connectivity index (χ4v) is 4.24. The molecule has 1 heterocycles. The maximum atomic E-state index is 13.2. The van der Waals surface area contributed by atoms with Gasteiger partial charge in [0.25, 0.3) is 5.91 Å². The molecule has 0 fully saturated rings. The van der Waals surface area contributed by atoms with Gasteiger partial charge in [0, 0.05) is 12.1 Å². The predicted molar refractivity (Wildman–Crippen MR) is 112 cm³/mol. The lowest BCUT2D eigenvalue weighted by atomic mass is 9.88. The standard InChI is InChI=1S/C24H26N2O3/c27-22(25-16-15-18-9-3-1-4-10-18)17-26-21-14-8-7-13-20(21)24(29,23(26)28)19-11-5-2-6-12-19/h2,5-9,11-14,29H,1,3-4,10,15-17H2,(H,25,27)/t24-/m0/s1. The minimum absolute atomic E-state index is 0.107. The molecule has 5 heteroatoms. The second kappa shape index (κ2) is 8.21. The molecule has 4 rings (SSSR count). The Morgan fingerprint density at radius 2 is 1.83 bits per heavy atom. The van der Waals surface area contributed by atoms with Crippen molar-refractivity contribution in [1.29, 1.82) is 0 Å². The van der Waals surface area contributed by atoms with Gasteiger partial charge in [0.05, 0.1) is 5.69 Å². The van der Waals surface area contributed by atoms with E-state index in [1.54, 1.807) is 42.5 Å². The van der Waals surface area contributed by atoms with E-state index in [2.05, 4.69) is 11.4 Å². The first kappa shape index (κ1) is 19.4. The van der Waals surface area contributed by atoms with Gasteiger partial charge in [-0.25, -0.2) is 0 Å². The smallest absolute Gasteiger partial charge is 0.268 e. The summed E-state index contributed by atoms with van der Waals surface area (Å²) in [4.78, 5) is 27.2. The third-order valence-electron chi connectivity index (χ3n) is 5.79. The lowest BCUT2D eigenvalue weighted by molar-refractivity contribution is -0.133. The Hall–Kier alpha value is -2.92. The Kier molecular flexibility index (Phi) is 5.49. The van der Waals surface area contributed by atoms with E-state index in [1.807, 2.05) is 12.1 Å². The quantitative estimate of drug-likeness (QED) is 0.744. The summed E-state index contributed by atoms with van der Waals surface area (Å²) >= 11 is 0. The number of carbonyl (C=O) groups excluding carboxylic acids is 2. The van der Waals surface area contributed by atoms with Crippen molar-refractivity contribution >= 4 is 17.5 Å². The number of carbonyl (C=O) groups is 2. The monoisotopic (exact) mass is 390 g/mol. The molecule has 0 saturated carbocycles. The summed E-state index contributed by atoms with van der Waals surface area (Å²) in [5, 5.41) is 14.3. The molecular formula is C24H26N2O3. The van der Waals surface area contributed by atoms with Crippen molar-refractivity contribution in [2.75, 3.05) is 18.0 Å². The maximum absolute atomic E-state index is 13.2. The van der Waals surface area contributed by atoms with Crippen LogP contribution in [0.3, 0.4) is 0 Å². The summed E-state index contributed by atoms with van der Waals surface area (Å²) in [6, 6.07) is 16.0. The number of para-hydroxylation sites is 1. The molecule has 2 N–H and O–H groups in total. The molecule has 29 heavy (non-hydrogen) atoms. The molecule has 0 saturated heterocycles. The predicted octanol–water partition coefficient (Wildman–Crippen LogP) is 3.28. The van der Waals surface area contributed by atoms with E-state index < -0.39 is 11.5 Å². The van der Waals surface area contributed by atoms with E-state index in [4.69, 9.17) is 0 Å². The fraction of sp³-hybridized carbons (Fsp3) is 0.333. The van der Waals surface area contributed by atoms with Crippen molar-refractivity contribution in [3.05, 3.63) is 77.4 Å². The van der Waals surface area contributed by atoms with Crippen molar-refractivity contribution in [1.82, 2.24) is 5.32 Å². The first-order valence-electron chi connectivity index (χ1n) is 10.2. The number of allylic oxidation sites excluding steroid dienone is 1. The van der Waals surface area contributed by atoms with Gasteiger partial charge in [-0.05, 0) is 43.7 Å². The molecule has 150 valence electrons. The summed E-state index contributed by atoms with van der Waals surface area (Å²) in [6.07, 6.45) is 7.83. The molecule has 0 radical (unpaired) electrons. The molecule has 0 spiro atoms. The van der Waals surface area contributed by atoms with Gasteiger partial charge < -0.3 is 10.4 Å². The van der Waals surface area contributed by atoms with E-state index in [0.29, 0.717) is 23.4 Å². The van der Waals surface area contributed by atoms with Crippen molar-refractivity contribution in [3.8, 4) is 0 Å². The highest BCUT2D eigenvalue weighted by Gasteiger charge is 2.51. The topological polar surface area (TPSA) is 69.6 Å². The molecule has 0 aromatic heterocycles. The number of benzene rings is 2. The Morgan fingerprint density at radius 3 is 2.59 bits per heavy atom. The summed E-state index contributed by atoms with van der Waals surface area (Å²) in [5.41, 5.74) is 1.22. The average molecular weight is 390 g/mol. The molecule has 1 atom stereocenters. The number of amides is 2. The van der Waals surface area contributed by atoms with Gasteiger partial charge in [-0.1, -0.05) is 60.2 Å². The van der Waals surface area contributed by atoms with Gasteiger partial charge in [-0.2, -0.15) is 0 Å². The van der Waals surface area contributed by atoms with E-state index in [1.165, 1.54) is 23.3 Å². The van der Waals surface area contributed by atoms with Crippen LogP contribution in [0.4, 0.5) is 5.69 Å². The highest BCUT2D eigenvalue weighted by atomic mass is 16.3. The number of nitrogens with one attached hydrogen (secondary N) is 1. The first-order valence-corrected chi connectivity index (χ1v) is 10.2. The normalized spacial score (nSPS) is 20.9. The summed E-state index contributed by atoms with van der Waals surface area (Å²) in [6.45, 7) is 0.460. The van der Waals surface area contributed by atoms with E-state index >= 15 is 0 Å². The van der Waals surface area contributed by atoms with Gasteiger partial charge >= 0.3 is 0 Å². The van der Waals surface area contributed by atoms with Gasteiger partial charge in [0.2, 0.25) is 5.91 Å². The van der Waals surface area contributed by atoms with E-state index in [0.717, 1.165) is 19.3 Å². The minimum atomic E-state index is -1.77. The zero-order chi connectivity index (χ0) is 20.3. The van der Waals surface area contributed by atoms with Gasteiger partial charge in [-0.3, -0.25) is 14.5 Å². The van der Waals surface area contributed by atoms with Crippen LogP contribution >= 0.6 is 0 Å². The van der Waals surface area contributed by atoms with Crippen molar-refractivity contribution in [3.63, 3.8) is 0 Å². The Labute approximate surface area is 171 Å².